The average molecular weight is 554 g/mol. The smallest absolute Gasteiger partial charge is 0.247 e. The van der Waals surface area contributed by atoms with Crippen molar-refractivity contribution in [2.75, 3.05) is 11.9 Å². The maximum Gasteiger partial charge on any atom is 0.247 e. The molecule has 2 atom stereocenters. The average Bonchev–Trinajstić information content (AvgIpc) is 3.67. The fraction of sp³-hybridized carbons (Fsp3) is 0.259. The Morgan fingerprint density at radius 3 is 2.47 bits per heavy atom. The third-order valence-electron chi connectivity index (χ3n) is 6.37. The van der Waals surface area contributed by atoms with Gasteiger partial charge in [0.25, 0.3) is 0 Å². The molecule has 38 heavy (non-hydrogen) atoms. The highest BCUT2D eigenvalue weighted by Crippen LogP contribution is 2.31. The molecule has 0 bridgehead atoms. The van der Waals surface area contributed by atoms with Gasteiger partial charge >= 0.3 is 0 Å². The molecule has 11 heteroatoms. The molecule has 2 amide bonds. The molecule has 1 fully saturated rings. The lowest BCUT2D eigenvalue weighted by Gasteiger charge is -2.24. The largest absolute Gasteiger partial charge is 0.457 e. The molecule has 0 aliphatic carbocycles. The van der Waals surface area contributed by atoms with Crippen molar-refractivity contribution in [2.45, 2.75) is 31.8 Å². The number of carbonyl (C=O) groups excluding carboxylic acids is 2. The van der Waals surface area contributed by atoms with Gasteiger partial charge in [0.05, 0.1) is 4.34 Å². The molecule has 1 saturated heterocycles. The second-order valence-electron chi connectivity index (χ2n) is 9.07. The lowest BCUT2D eigenvalue weighted by molar-refractivity contribution is -0.137. The van der Waals surface area contributed by atoms with Gasteiger partial charge in [0, 0.05) is 17.1 Å². The van der Waals surface area contributed by atoms with Crippen molar-refractivity contribution in [1.29, 1.82) is 0 Å². The Morgan fingerprint density at radius 2 is 1.82 bits per heavy atom. The lowest BCUT2D eigenvalue weighted by Crippen LogP contribution is -2.44. The third-order valence-corrected chi connectivity index (χ3v) is 7.66. The number of amides is 2. The Hall–Kier alpha value is -3.76. The van der Waals surface area contributed by atoms with Crippen LogP contribution in [-0.4, -0.2) is 44.1 Å². The van der Waals surface area contributed by atoms with Crippen molar-refractivity contribution in [3.63, 3.8) is 0 Å². The maximum absolute atomic E-state index is 13.3. The molecule has 1 N–H and O–H groups in total. The zero-order valence-corrected chi connectivity index (χ0v) is 21.9. The zero-order valence-electron chi connectivity index (χ0n) is 20.3. The van der Waals surface area contributed by atoms with Gasteiger partial charge in [0.1, 0.15) is 42.6 Å². The molecule has 8 nitrogen and oxygen atoms in total. The van der Waals surface area contributed by atoms with Crippen LogP contribution in [0.2, 0.25) is 4.34 Å². The van der Waals surface area contributed by atoms with Gasteiger partial charge in [-0.05, 0) is 85.8 Å². The van der Waals surface area contributed by atoms with Gasteiger partial charge in [0.2, 0.25) is 11.8 Å². The van der Waals surface area contributed by atoms with Crippen molar-refractivity contribution in [3.05, 3.63) is 88.3 Å². The molecule has 0 radical (unpaired) electrons. The molecule has 2 aromatic heterocycles. The van der Waals surface area contributed by atoms with Crippen molar-refractivity contribution >= 4 is 40.4 Å². The van der Waals surface area contributed by atoms with Gasteiger partial charge < -0.3 is 15.0 Å². The number of anilines is 1. The predicted octanol–water partition coefficient (Wildman–Crippen LogP) is 5.41. The van der Waals surface area contributed by atoms with E-state index < -0.39 is 6.04 Å². The minimum atomic E-state index is -0.599. The van der Waals surface area contributed by atoms with Gasteiger partial charge in [-0.2, -0.15) is 5.10 Å². The van der Waals surface area contributed by atoms with E-state index in [4.69, 9.17) is 16.3 Å². The zero-order chi connectivity index (χ0) is 26.5. The number of hydrogen-bond acceptors (Lipinski definition) is 6. The molecular weight excluding hydrogens is 529 g/mol. The second kappa shape index (κ2) is 11.7. The van der Waals surface area contributed by atoms with Gasteiger partial charge in [-0.15, -0.1) is 11.3 Å². The Kier molecular flexibility index (Phi) is 8.00. The Morgan fingerprint density at radius 1 is 1.08 bits per heavy atom. The standard InChI is InChI=1S/C27H25ClFN5O3S/c28-25-12-11-23(38-25)10-1-18-13-24(34(14-18)26(35)15-33-17-30-16-31-33)27(36)32-20-4-8-22(9-5-20)37-21-6-2-19(29)3-7-21/h2-9,11-12,16-18,24H,1,10,13-15H2,(H,32,36). The quantitative estimate of drug-likeness (QED) is 0.299. The number of aromatic nitrogens is 3. The number of benzene rings is 2. The van der Waals surface area contributed by atoms with Crippen LogP contribution in [0.3, 0.4) is 0 Å². The molecule has 3 heterocycles. The highest BCUT2D eigenvalue weighted by atomic mass is 35.5. The number of carbonyl (C=O) groups is 2. The van der Waals surface area contributed by atoms with Crippen molar-refractivity contribution in [1.82, 2.24) is 19.7 Å². The number of rotatable bonds is 9. The van der Waals surface area contributed by atoms with Crippen LogP contribution in [0.5, 0.6) is 11.5 Å². The van der Waals surface area contributed by atoms with Crippen LogP contribution in [0.4, 0.5) is 10.1 Å². The van der Waals surface area contributed by atoms with E-state index in [0.29, 0.717) is 30.2 Å². The van der Waals surface area contributed by atoms with Crippen LogP contribution in [-0.2, 0) is 22.6 Å². The van der Waals surface area contributed by atoms with E-state index in [-0.39, 0.29) is 30.1 Å². The van der Waals surface area contributed by atoms with Crippen LogP contribution in [0.1, 0.15) is 17.7 Å². The van der Waals surface area contributed by atoms with E-state index in [2.05, 4.69) is 15.4 Å². The number of ether oxygens (including phenoxy) is 1. The van der Waals surface area contributed by atoms with Crippen molar-refractivity contribution < 1.29 is 18.7 Å². The van der Waals surface area contributed by atoms with Gasteiger partial charge in [-0.3, -0.25) is 9.59 Å². The molecule has 5 rings (SSSR count). The molecule has 2 aromatic carbocycles. The SMILES string of the molecule is O=C(Nc1ccc(Oc2ccc(F)cc2)cc1)C1CC(CCc2ccc(Cl)s2)CN1C(=O)Cn1cncn1. The number of aryl methyl sites for hydroxylation is 1. The minimum Gasteiger partial charge on any atom is -0.457 e. The molecule has 0 spiro atoms. The maximum atomic E-state index is 13.3. The van der Waals surface area contributed by atoms with Crippen LogP contribution in [0.15, 0.2) is 73.3 Å². The van der Waals surface area contributed by atoms with Crippen molar-refractivity contribution in [2.24, 2.45) is 5.92 Å². The summed E-state index contributed by atoms with van der Waals surface area (Å²) in [5.74, 6) is 0.471. The van der Waals surface area contributed by atoms with Gasteiger partial charge in [0.15, 0.2) is 0 Å². The Labute approximate surface area is 228 Å². The third kappa shape index (κ3) is 6.56. The van der Waals surface area contributed by atoms with E-state index in [0.717, 1.165) is 17.2 Å². The molecule has 1 aliphatic heterocycles. The predicted molar refractivity (Wildman–Crippen MR) is 143 cm³/mol. The summed E-state index contributed by atoms with van der Waals surface area (Å²) in [6.45, 7) is 0.516. The summed E-state index contributed by atoms with van der Waals surface area (Å²) in [5.41, 5.74) is 0.585. The lowest BCUT2D eigenvalue weighted by atomic mass is 9.99. The van der Waals surface area contributed by atoms with Crippen LogP contribution in [0, 0.1) is 11.7 Å². The molecule has 196 valence electrons. The second-order valence-corrected chi connectivity index (χ2v) is 10.9. The molecule has 2 unspecified atom stereocenters. The number of nitrogens with zero attached hydrogens (tertiary/aromatic N) is 4. The summed E-state index contributed by atoms with van der Waals surface area (Å²) in [5, 5.41) is 6.96. The monoisotopic (exact) mass is 553 g/mol. The minimum absolute atomic E-state index is 0.0203. The Balaban J connectivity index is 1.24. The van der Waals surface area contributed by atoms with E-state index in [1.54, 1.807) is 52.6 Å². The topological polar surface area (TPSA) is 89.4 Å². The van der Waals surface area contributed by atoms with Gasteiger partial charge in [-0.25, -0.2) is 14.1 Å². The molecule has 1 aliphatic rings. The highest BCUT2D eigenvalue weighted by Gasteiger charge is 2.39. The number of thiophene rings is 1. The van der Waals surface area contributed by atoms with Crippen molar-refractivity contribution in [3.8, 4) is 11.5 Å². The first-order valence-electron chi connectivity index (χ1n) is 12.1. The summed E-state index contributed by atoms with van der Waals surface area (Å²) in [4.78, 5) is 33.2. The van der Waals surface area contributed by atoms with Crippen LogP contribution >= 0.6 is 22.9 Å². The van der Waals surface area contributed by atoms with E-state index in [9.17, 15) is 14.0 Å². The molecule has 4 aromatic rings. The number of nitrogens with one attached hydrogen (secondary N) is 1. The van der Waals surface area contributed by atoms with Crippen LogP contribution < -0.4 is 10.1 Å². The molecule has 0 saturated carbocycles. The summed E-state index contributed by atoms with van der Waals surface area (Å²) in [6.07, 6.45) is 5.12. The van der Waals surface area contributed by atoms with Crippen LogP contribution in [0.25, 0.3) is 0 Å². The van der Waals surface area contributed by atoms with E-state index in [1.807, 2.05) is 12.1 Å². The number of hydrogen-bond donors (Lipinski definition) is 1. The first kappa shape index (κ1) is 25.9. The van der Waals surface area contributed by atoms with E-state index in [1.165, 1.54) is 34.3 Å². The first-order valence-corrected chi connectivity index (χ1v) is 13.3. The molecular formula is C27H25ClFN5O3S. The number of likely N-dealkylation sites (tertiary alicyclic amines) is 1. The number of halogens is 2. The summed E-state index contributed by atoms with van der Waals surface area (Å²) < 4.78 is 21.0. The highest BCUT2D eigenvalue weighted by molar-refractivity contribution is 7.16. The normalized spacial score (nSPS) is 16.9. The summed E-state index contributed by atoms with van der Waals surface area (Å²) in [6, 6.07) is 15.9. The fourth-order valence-corrected chi connectivity index (χ4v) is 5.61. The fourth-order valence-electron chi connectivity index (χ4n) is 4.50. The van der Waals surface area contributed by atoms with E-state index >= 15 is 0 Å². The Bertz CT molecular complexity index is 1380. The summed E-state index contributed by atoms with van der Waals surface area (Å²) >= 11 is 7.62. The first-order chi connectivity index (χ1) is 18.4. The van der Waals surface area contributed by atoms with Gasteiger partial charge in [-0.1, -0.05) is 11.6 Å². The summed E-state index contributed by atoms with van der Waals surface area (Å²) in [7, 11) is 0.